The highest BCUT2D eigenvalue weighted by atomic mass is 32.1. The number of hydrogen-bond donors (Lipinski definition) is 3. The number of rotatable bonds is 4. The van der Waals surface area contributed by atoms with Gasteiger partial charge in [-0.25, -0.2) is 0 Å². The second-order valence-corrected chi connectivity index (χ2v) is 9.61. The minimum atomic E-state index is 0.498. The van der Waals surface area contributed by atoms with Crippen molar-refractivity contribution < 1.29 is 4.90 Å². The number of nitrogens with one attached hydrogen (secondary N) is 3. The minimum absolute atomic E-state index is 0.498. The van der Waals surface area contributed by atoms with Gasteiger partial charge in [-0.1, -0.05) is 18.2 Å². The summed E-state index contributed by atoms with van der Waals surface area (Å²) in [6.45, 7) is 5.49. The van der Waals surface area contributed by atoms with Crippen LogP contribution in [0.4, 0.5) is 5.69 Å². The van der Waals surface area contributed by atoms with Crippen LogP contribution in [0.5, 0.6) is 0 Å². The Morgan fingerprint density at radius 2 is 1.93 bits per heavy atom. The van der Waals surface area contributed by atoms with E-state index in [-0.39, 0.29) is 0 Å². The fourth-order valence-corrected chi connectivity index (χ4v) is 5.90. The zero-order valence-corrected chi connectivity index (χ0v) is 17.9. The lowest BCUT2D eigenvalue weighted by Crippen LogP contribution is -3.20. The second-order valence-electron chi connectivity index (χ2n) is 8.17. The van der Waals surface area contributed by atoms with Gasteiger partial charge in [-0.15, -0.1) is 11.3 Å². The van der Waals surface area contributed by atoms with Crippen molar-refractivity contribution in [2.75, 3.05) is 5.32 Å². The lowest BCUT2D eigenvalue weighted by Gasteiger charge is -2.46. The zero-order chi connectivity index (χ0) is 18.8. The van der Waals surface area contributed by atoms with Crippen molar-refractivity contribution in [3.05, 3.63) is 51.7 Å². The summed E-state index contributed by atoms with van der Waals surface area (Å²) in [7, 11) is 0. The van der Waals surface area contributed by atoms with E-state index in [0.29, 0.717) is 6.04 Å². The number of benzene rings is 1. The average Bonchev–Trinajstić information content (AvgIpc) is 3.13. The van der Waals surface area contributed by atoms with Crippen molar-refractivity contribution in [1.82, 2.24) is 5.32 Å². The quantitative estimate of drug-likeness (QED) is 0.682. The van der Waals surface area contributed by atoms with E-state index >= 15 is 0 Å². The number of aryl methyl sites for hydroxylation is 1. The van der Waals surface area contributed by atoms with Gasteiger partial charge in [0.1, 0.15) is 6.54 Å². The molecule has 5 heteroatoms. The molecule has 2 bridgehead atoms. The molecule has 3 nitrogen and oxygen atoms in total. The van der Waals surface area contributed by atoms with Crippen LogP contribution >= 0.6 is 23.6 Å². The molecule has 3 heterocycles. The third kappa shape index (κ3) is 4.36. The molecule has 0 aliphatic carbocycles. The minimum Gasteiger partial charge on any atom is -0.359 e. The molecule has 1 aromatic carbocycles. The number of thiocarbonyl (C=S) groups is 1. The van der Waals surface area contributed by atoms with Gasteiger partial charge < -0.3 is 15.5 Å². The molecule has 4 atom stereocenters. The molecule has 4 rings (SSSR count). The maximum atomic E-state index is 5.65. The summed E-state index contributed by atoms with van der Waals surface area (Å²) in [5, 5.41) is 10.0. The number of quaternary nitrogens is 1. The molecule has 0 amide bonds. The second kappa shape index (κ2) is 8.29. The van der Waals surface area contributed by atoms with E-state index < -0.39 is 0 Å². The monoisotopic (exact) mass is 400 g/mol. The third-order valence-corrected chi connectivity index (χ3v) is 7.53. The van der Waals surface area contributed by atoms with Crippen LogP contribution in [0.1, 0.15) is 48.1 Å². The molecule has 2 unspecified atom stereocenters. The summed E-state index contributed by atoms with van der Waals surface area (Å²) >= 11 is 7.55. The van der Waals surface area contributed by atoms with Crippen molar-refractivity contribution in [3.8, 4) is 0 Å². The highest BCUT2D eigenvalue weighted by Crippen LogP contribution is 2.24. The highest BCUT2D eigenvalue weighted by Gasteiger charge is 2.42. The van der Waals surface area contributed by atoms with Gasteiger partial charge in [0.25, 0.3) is 0 Å². The van der Waals surface area contributed by atoms with Gasteiger partial charge in [0.2, 0.25) is 0 Å². The Bertz CT molecular complexity index is 773. The number of piperidine rings is 2. The highest BCUT2D eigenvalue weighted by molar-refractivity contribution is 7.80. The van der Waals surface area contributed by atoms with E-state index in [0.717, 1.165) is 22.9 Å². The van der Waals surface area contributed by atoms with Crippen LogP contribution in [-0.2, 0) is 6.54 Å². The molecule has 0 spiro atoms. The summed E-state index contributed by atoms with van der Waals surface area (Å²) < 4.78 is 0. The molecule has 2 aliphatic heterocycles. The van der Waals surface area contributed by atoms with Gasteiger partial charge >= 0.3 is 0 Å². The fraction of sp³-hybridized carbons (Fsp3) is 0.500. The maximum Gasteiger partial charge on any atom is 0.171 e. The lowest BCUT2D eigenvalue weighted by atomic mass is 9.81. The first-order chi connectivity index (χ1) is 13.1. The first-order valence-electron chi connectivity index (χ1n) is 10.1. The molecular weight excluding hydrogens is 370 g/mol. The molecule has 3 N–H and O–H groups in total. The van der Waals surface area contributed by atoms with E-state index in [1.807, 2.05) is 16.2 Å². The van der Waals surface area contributed by atoms with Gasteiger partial charge in [-0.2, -0.15) is 0 Å². The normalized spacial score (nSPS) is 27.2. The van der Waals surface area contributed by atoms with E-state index in [1.165, 1.54) is 54.7 Å². The van der Waals surface area contributed by atoms with Crippen molar-refractivity contribution in [1.29, 1.82) is 0 Å². The smallest absolute Gasteiger partial charge is 0.171 e. The molecule has 144 valence electrons. The van der Waals surface area contributed by atoms with Gasteiger partial charge in [-0.05, 0) is 74.0 Å². The summed E-state index contributed by atoms with van der Waals surface area (Å²) in [4.78, 5) is 3.34. The van der Waals surface area contributed by atoms with Crippen LogP contribution in [0.3, 0.4) is 0 Å². The van der Waals surface area contributed by atoms with Crippen LogP contribution in [0, 0.1) is 13.8 Å². The van der Waals surface area contributed by atoms with Crippen LogP contribution in [0.25, 0.3) is 0 Å². The van der Waals surface area contributed by atoms with Crippen LogP contribution in [0.15, 0.2) is 35.7 Å². The van der Waals surface area contributed by atoms with E-state index in [1.54, 1.807) is 0 Å². The Balaban J connectivity index is 1.37. The molecule has 2 fully saturated rings. The van der Waals surface area contributed by atoms with Gasteiger partial charge in [0.15, 0.2) is 5.11 Å². The van der Waals surface area contributed by atoms with Gasteiger partial charge in [-0.3, -0.25) is 0 Å². The molecule has 2 aliphatic rings. The first-order valence-corrected chi connectivity index (χ1v) is 11.4. The summed E-state index contributed by atoms with van der Waals surface area (Å²) in [5.41, 5.74) is 3.69. The number of fused-ring (bicyclic) bond motifs is 2. The molecular formula is C22H30N3S2+. The largest absolute Gasteiger partial charge is 0.359 e. The predicted octanol–water partition coefficient (Wildman–Crippen LogP) is 3.82. The predicted molar refractivity (Wildman–Crippen MR) is 119 cm³/mol. The number of hydrogen-bond acceptors (Lipinski definition) is 2. The van der Waals surface area contributed by atoms with Crippen LogP contribution in [-0.4, -0.2) is 23.2 Å². The number of thiophene rings is 1. The van der Waals surface area contributed by atoms with Crippen LogP contribution < -0.4 is 15.5 Å². The van der Waals surface area contributed by atoms with Crippen molar-refractivity contribution in [3.63, 3.8) is 0 Å². The Morgan fingerprint density at radius 1 is 1.15 bits per heavy atom. The first kappa shape index (κ1) is 18.9. The van der Waals surface area contributed by atoms with Crippen molar-refractivity contribution in [2.45, 2.75) is 70.6 Å². The van der Waals surface area contributed by atoms with Crippen molar-refractivity contribution in [2.24, 2.45) is 0 Å². The summed E-state index contributed by atoms with van der Waals surface area (Å²) in [5.74, 6) is 0. The standard InChI is InChI=1S/C22H29N3S2/c1-15-6-3-10-21(16(15)2)24-22(26)23-17-12-18-7-4-8-19(13-17)25(18)14-20-9-5-11-27-20/h3,5-6,9-11,17-19H,4,7-8,12-14H2,1-2H3,(H2,23,24,26)/p+1/t17?,18-,19+. The fourth-order valence-electron chi connectivity index (χ4n) is 4.89. The third-order valence-electron chi connectivity index (χ3n) is 6.44. The van der Waals surface area contributed by atoms with Crippen molar-refractivity contribution >= 4 is 34.4 Å². The molecule has 0 radical (unpaired) electrons. The molecule has 27 heavy (non-hydrogen) atoms. The SMILES string of the molecule is Cc1cccc(NC(=S)NC2C[C@H]3CCC[C@@H](C2)[NH+]3Cc2cccs2)c1C. The Hall–Kier alpha value is -1.43. The van der Waals surface area contributed by atoms with Crippen LogP contribution in [0.2, 0.25) is 0 Å². The van der Waals surface area contributed by atoms with Gasteiger partial charge in [0, 0.05) is 24.6 Å². The lowest BCUT2D eigenvalue weighted by molar-refractivity contribution is -0.973. The topological polar surface area (TPSA) is 28.5 Å². The molecule has 1 aromatic heterocycles. The van der Waals surface area contributed by atoms with Gasteiger partial charge in [0.05, 0.1) is 17.0 Å². The maximum absolute atomic E-state index is 5.65. The van der Waals surface area contributed by atoms with E-state index in [2.05, 4.69) is 60.2 Å². The molecule has 0 saturated carbocycles. The summed E-state index contributed by atoms with van der Waals surface area (Å²) in [6, 6.07) is 12.8. The molecule has 2 aromatic rings. The average molecular weight is 401 g/mol. The zero-order valence-electron chi connectivity index (χ0n) is 16.3. The molecule has 2 saturated heterocycles. The van der Waals surface area contributed by atoms with E-state index in [9.17, 15) is 0 Å². The number of anilines is 1. The Labute approximate surface area is 172 Å². The summed E-state index contributed by atoms with van der Waals surface area (Å²) in [6.07, 6.45) is 6.55. The Morgan fingerprint density at radius 3 is 2.63 bits per heavy atom. The van der Waals surface area contributed by atoms with E-state index in [4.69, 9.17) is 12.2 Å². The Kier molecular flexibility index (Phi) is 5.81.